The second-order valence-corrected chi connectivity index (χ2v) is 9.99. The summed E-state index contributed by atoms with van der Waals surface area (Å²) in [5, 5.41) is 16.6. The summed E-state index contributed by atoms with van der Waals surface area (Å²) in [6.07, 6.45) is -3.32. The number of carbonyl (C=O) groups excluding carboxylic acids is 2. The molecule has 10 nitrogen and oxygen atoms in total. The Balaban J connectivity index is 1.80. The first-order chi connectivity index (χ1) is 17.6. The molecule has 0 aliphatic carbocycles. The summed E-state index contributed by atoms with van der Waals surface area (Å²) in [6.45, 7) is 2.04. The molecule has 2 amide bonds. The number of amides is 2. The van der Waals surface area contributed by atoms with E-state index in [2.05, 4.69) is 20.5 Å². The first-order valence-corrected chi connectivity index (χ1v) is 13.1. The minimum absolute atomic E-state index is 0.0622. The standard InChI is InChI=1S/C22H24F3N7O3S2/c1-2-32-20(35)15(37-21(32)14(10-26)19(34)28-13-22(23,24)25)11-27-16-4-3-5-17(29-16)30-18(33)12-31-6-8-36-9-7-31/h3-5,11H,2,6-9,12-13H2,1H3,(H,28,34)(H2,27,29,30,33)/b15-11+,21-14-. The first kappa shape index (κ1) is 28.2. The minimum Gasteiger partial charge on any atom is -0.345 e. The highest BCUT2D eigenvalue weighted by Crippen LogP contribution is 2.13. The zero-order valence-corrected chi connectivity index (χ0v) is 21.4. The van der Waals surface area contributed by atoms with Crippen LogP contribution in [0.15, 0.2) is 23.0 Å². The third-order valence-electron chi connectivity index (χ3n) is 5.06. The Kier molecular flexibility index (Phi) is 9.73. The van der Waals surface area contributed by atoms with Gasteiger partial charge in [0.15, 0.2) is 5.57 Å². The van der Waals surface area contributed by atoms with Crippen LogP contribution in [0, 0.1) is 11.3 Å². The maximum absolute atomic E-state index is 12.8. The number of carbonyl (C=O) groups is 2. The fraction of sp³-hybridized carbons (Fsp3) is 0.409. The maximum Gasteiger partial charge on any atom is 0.405 e. The number of anilines is 2. The fourth-order valence-corrected chi connectivity index (χ4v) is 5.39. The zero-order valence-electron chi connectivity index (χ0n) is 19.7. The third kappa shape index (κ3) is 8.07. The molecule has 0 unspecified atom stereocenters. The molecule has 0 saturated carbocycles. The van der Waals surface area contributed by atoms with E-state index < -0.39 is 29.8 Å². The highest BCUT2D eigenvalue weighted by atomic mass is 32.2. The van der Waals surface area contributed by atoms with Gasteiger partial charge in [-0.25, -0.2) is 4.98 Å². The highest BCUT2D eigenvalue weighted by Gasteiger charge is 2.29. The van der Waals surface area contributed by atoms with E-state index in [9.17, 15) is 32.8 Å². The van der Waals surface area contributed by atoms with Gasteiger partial charge in [-0.2, -0.15) is 30.2 Å². The molecule has 1 aliphatic heterocycles. The molecule has 2 aromatic rings. The van der Waals surface area contributed by atoms with Gasteiger partial charge in [-0.3, -0.25) is 23.9 Å². The van der Waals surface area contributed by atoms with Crippen LogP contribution >= 0.6 is 23.1 Å². The number of rotatable bonds is 8. The molecule has 0 radical (unpaired) electrons. The number of halogens is 3. The van der Waals surface area contributed by atoms with Gasteiger partial charge in [-0.15, -0.1) is 11.3 Å². The Hall–Kier alpha value is -3.35. The molecule has 3 N–H and O–H groups in total. The molecular formula is C22H24F3N7O3S2. The van der Waals surface area contributed by atoms with Crippen LogP contribution in [0.2, 0.25) is 0 Å². The Bertz CT molecular complexity index is 1360. The van der Waals surface area contributed by atoms with Gasteiger partial charge in [0.05, 0.1) is 6.54 Å². The summed E-state index contributed by atoms with van der Waals surface area (Å²) in [4.78, 5) is 43.7. The first-order valence-electron chi connectivity index (χ1n) is 11.1. The molecule has 15 heteroatoms. The van der Waals surface area contributed by atoms with Gasteiger partial charge >= 0.3 is 6.18 Å². The number of pyridine rings is 1. The fourth-order valence-electron chi connectivity index (χ4n) is 3.33. The van der Waals surface area contributed by atoms with Crippen LogP contribution in [0.4, 0.5) is 24.8 Å². The van der Waals surface area contributed by atoms with E-state index in [4.69, 9.17) is 0 Å². The highest BCUT2D eigenvalue weighted by molar-refractivity contribution is 7.99. The average Bonchev–Trinajstić information content (AvgIpc) is 3.17. The predicted octanol–water partition coefficient (Wildman–Crippen LogP) is 0.515. The largest absolute Gasteiger partial charge is 0.405 e. The van der Waals surface area contributed by atoms with Crippen molar-refractivity contribution in [2.24, 2.45) is 0 Å². The molecule has 3 rings (SSSR count). The molecular weight excluding hydrogens is 531 g/mol. The minimum atomic E-state index is -4.65. The molecule has 198 valence electrons. The number of thioether (sulfide) groups is 1. The molecule has 0 bridgehead atoms. The quantitative estimate of drug-likeness (QED) is 0.430. The summed E-state index contributed by atoms with van der Waals surface area (Å²) in [6, 6.07) is 6.49. The molecule has 0 aromatic carbocycles. The van der Waals surface area contributed by atoms with E-state index in [0.29, 0.717) is 11.6 Å². The van der Waals surface area contributed by atoms with Crippen molar-refractivity contribution >= 4 is 58.3 Å². The van der Waals surface area contributed by atoms with Crippen molar-refractivity contribution in [3.63, 3.8) is 0 Å². The smallest absolute Gasteiger partial charge is 0.345 e. The van der Waals surface area contributed by atoms with Crippen molar-refractivity contribution in [2.75, 3.05) is 48.3 Å². The number of thiazole rings is 1. The molecule has 0 spiro atoms. The van der Waals surface area contributed by atoms with Crippen molar-refractivity contribution in [1.29, 1.82) is 5.26 Å². The van der Waals surface area contributed by atoms with E-state index in [-0.39, 0.29) is 28.2 Å². The summed E-state index contributed by atoms with van der Waals surface area (Å²) in [5.41, 5.74) is -1.13. The lowest BCUT2D eigenvalue weighted by molar-refractivity contribution is -0.135. The van der Waals surface area contributed by atoms with Crippen molar-refractivity contribution in [3.05, 3.63) is 37.7 Å². The van der Waals surface area contributed by atoms with Gasteiger partial charge in [-0.05, 0) is 19.1 Å². The van der Waals surface area contributed by atoms with Gasteiger partial charge in [0.2, 0.25) is 5.91 Å². The molecule has 1 saturated heterocycles. The van der Waals surface area contributed by atoms with Crippen LogP contribution in [0.5, 0.6) is 0 Å². The van der Waals surface area contributed by atoms with Crippen molar-refractivity contribution in [2.45, 2.75) is 19.6 Å². The monoisotopic (exact) mass is 555 g/mol. The lowest BCUT2D eigenvalue weighted by atomic mass is 10.3. The van der Waals surface area contributed by atoms with E-state index in [1.165, 1.54) is 6.20 Å². The van der Waals surface area contributed by atoms with Crippen LogP contribution < -0.4 is 30.7 Å². The summed E-state index contributed by atoms with van der Waals surface area (Å²) in [7, 11) is 0. The Morgan fingerprint density at radius 2 is 1.95 bits per heavy atom. The number of nitrogens with one attached hydrogen (secondary N) is 3. The number of nitriles is 1. The van der Waals surface area contributed by atoms with Gasteiger partial charge in [0, 0.05) is 37.3 Å². The normalized spacial score (nSPS) is 15.6. The number of alkyl halides is 3. The topological polar surface area (TPSA) is 132 Å². The molecule has 1 aliphatic rings. The molecule has 0 atom stereocenters. The van der Waals surface area contributed by atoms with Crippen LogP contribution in [0.3, 0.4) is 0 Å². The summed E-state index contributed by atoms with van der Waals surface area (Å²) in [5.74, 6) is 1.17. The molecule has 1 fully saturated rings. The van der Waals surface area contributed by atoms with Crippen LogP contribution in [0.25, 0.3) is 11.8 Å². The van der Waals surface area contributed by atoms with Gasteiger partial charge in [0.25, 0.3) is 11.5 Å². The summed E-state index contributed by atoms with van der Waals surface area (Å²) < 4.78 is 38.6. The van der Waals surface area contributed by atoms with E-state index in [1.807, 2.05) is 11.8 Å². The van der Waals surface area contributed by atoms with E-state index in [1.54, 1.807) is 36.5 Å². The van der Waals surface area contributed by atoms with Crippen LogP contribution in [-0.4, -0.2) is 70.1 Å². The van der Waals surface area contributed by atoms with Gasteiger partial charge in [-0.1, -0.05) is 6.07 Å². The Morgan fingerprint density at radius 3 is 2.59 bits per heavy atom. The zero-order chi connectivity index (χ0) is 27.0. The lowest BCUT2D eigenvalue weighted by Gasteiger charge is -2.25. The van der Waals surface area contributed by atoms with Gasteiger partial charge < -0.3 is 16.0 Å². The van der Waals surface area contributed by atoms with Crippen molar-refractivity contribution in [1.82, 2.24) is 19.8 Å². The average molecular weight is 556 g/mol. The van der Waals surface area contributed by atoms with Gasteiger partial charge in [0.1, 0.15) is 33.4 Å². The maximum atomic E-state index is 12.8. The van der Waals surface area contributed by atoms with Crippen molar-refractivity contribution < 1.29 is 22.8 Å². The molecule has 2 aromatic heterocycles. The SMILES string of the molecule is CCn1c(=O)/c(=C\Nc2cccc(NC(=O)CN3CCSCC3)n2)s/c1=C(/C#N)C(=O)NCC(F)(F)F. The second-order valence-electron chi connectivity index (χ2n) is 7.74. The number of nitrogens with zero attached hydrogens (tertiary/aromatic N) is 4. The lowest BCUT2D eigenvalue weighted by Crippen LogP contribution is -2.38. The van der Waals surface area contributed by atoms with E-state index in [0.717, 1.165) is 40.5 Å². The Labute approximate surface area is 217 Å². The number of hydrogen-bond acceptors (Lipinski definition) is 9. The van der Waals surface area contributed by atoms with Crippen LogP contribution in [0.1, 0.15) is 6.92 Å². The summed E-state index contributed by atoms with van der Waals surface area (Å²) >= 11 is 2.63. The third-order valence-corrected chi connectivity index (χ3v) is 7.14. The van der Waals surface area contributed by atoms with E-state index >= 15 is 0 Å². The number of aromatic nitrogens is 2. The number of hydrogen-bond donors (Lipinski definition) is 3. The predicted molar refractivity (Wildman–Crippen MR) is 136 cm³/mol. The van der Waals surface area contributed by atoms with Crippen molar-refractivity contribution in [3.8, 4) is 6.07 Å². The Morgan fingerprint density at radius 1 is 1.24 bits per heavy atom. The molecule has 37 heavy (non-hydrogen) atoms. The second kappa shape index (κ2) is 12.7. The van der Waals surface area contributed by atoms with Crippen LogP contribution in [-0.2, 0) is 16.1 Å². The molecule has 3 heterocycles.